The first-order valence-electron chi connectivity index (χ1n) is 29.2. The Hall–Kier alpha value is -8.68. The van der Waals surface area contributed by atoms with E-state index in [9.17, 15) is 0 Å². The van der Waals surface area contributed by atoms with Crippen LogP contribution in [0.15, 0.2) is 224 Å². The van der Waals surface area contributed by atoms with Crippen LogP contribution in [0.25, 0.3) is 83.7 Å². The SMILES string of the molecule is CC(C)(C)c1cc(-n2c3c(c4cc(-c5ccccc5)ccc42)=C=CC=CC=3)cc2c1C(C)(C)c1cc(-c3ccc(N(C4=CCC5(C)C(=C4)C(C)(C)c4ccccc45)c4ccc5c(c4)C(C)(C)c4ccccc4-5)c4ccccc34)ccc1-2. The van der Waals surface area contributed by atoms with Crippen LogP contribution in [0.5, 0.6) is 0 Å². The summed E-state index contributed by atoms with van der Waals surface area (Å²) in [6.07, 6.45) is 14.6. The maximum absolute atomic E-state index is 3.69. The first-order valence-corrected chi connectivity index (χ1v) is 29.2. The Morgan fingerprint density at radius 2 is 1.16 bits per heavy atom. The van der Waals surface area contributed by atoms with Crippen molar-refractivity contribution in [2.75, 3.05) is 4.90 Å². The lowest BCUT2D eigenvalue weighted by molar-refractivity contribution is 0.508. The topological polar surface area (TPSA) is 8.17 Å². The molecule has 0 saturated heterocycles. The quantitative estimate of drug-likeness (QED) is 0.161. The zero-order valence-corrected chi connectivity index (χ0v) is 48.4. The van der Waals surface area contributed by atoms with Crippen LogP contribution in [-0.2, 0) is 27.1 Å². The molecule has 1 aromatic heterocycles. The monoisotopic (exact) mass is 1040 g/mol. The zero-order chi connectivity index (χ0) is 55.5. The van der Waals surface area contributed by atoms with E-state index in [4.69, 9.17) is 0 Å². The van der Waals surface area contributed by atoms with Crippen molar-refractivity contribution in [3.8, 4) is 50.2 Å². The zero-order valence-electron chi connectivity index (χ0n) is 48.4. The van der Waals surface area contributed by atoms with Crippen LogP contribution in [-0.4, -0.2) is 4.57 Å². The molecule has 2 nitrogen and oxygen atoms in total. The highest BCUT2D eigenvalue weighted by atomic mass is 15.2. The van der Waals surface area contributed by atoms with Crippen LogP contribution in [0, 0.1) is 0 Å². The minimum absolute atomic E-state index is 0.0752. The van der Waals surface area contributed by atoms with Crippen LogP contribution in [0.1, 0.15) is 115 Å². The van der Waals surface area contributed by atoms with Gasteiger partial charge in [-0.3, -0.25) is 0 Å². The lowest BCUT2D eigenvalue weighted by Gasteiger charge is -2.38. The molecule has 1 unspecified atom stereocenters. The van der Waals surface area contributed by atoms with Gasteiger partial charge in [0.05, 0.1) is 16.6 Å². The molecule has 0 spiro atoms. The summed E-state index contributed by atoms with van der Waals surface area (Å²) >= 11 is 0. The molecule has 9 aromatic carbocycles. The molecule has 0 bridgehead atoms. The number of benzene rings is 9. The molecule has 0 saturated carbocycles. The number of fused-ring (bicyclic) bond motifs is 13. The Morgan fingerprint density at radius 3 is 1.96 bits per heavy atom. The first-order chi connectivity index (χ1) is 38.9. The second-order valence-electron chi connectivity index (χ2n) is 26.4. The van der Waals surface area contributed by atoms with Crippen molar-refractivity contribution in [1.29, 1.82) is 0 Å². The summed E-state index contributed by atoms with van der Waals surface area (Å²) in [6, 6.07) is 69.4. The number of nitrogens with zero attached hydrogens (tertiary/aromatic N) is 2. The van der Waals surface area contributed by atoms with Gasteiger partial charge in [0.1, 0.15) is 0 Å². The molecule has 1 atom stereocenters. The second-order valence-corrected chi connectivity index (χ2v) is 26.4. The predicted molar refractivity (Wildman–Crippen MR) is 342 cm³/mol. The number of allylic oxidation sites excluding steroid dienone is 6. The maximum Gasteiger partial charge on any atom is 0.0618 e. The van der Waals surface area contributed by atoms with Gasteiger partial charge in [-0.05, 0) is 173 Å². The van der Waals surface area contributed by atoms with Gasteiger partial charge in [-0.15, -0.1) is 5.73 Å². The summed E-state index contributed by atoms with van der Waals surface area (Å²) in [7, 11) is 0. The first kappa shape index (κ1) is 49.4. The number of hydrogen-bond donors (Lipinski definition) is 0. The summed E-state index contributed by atoms with van der Waals surface area (Å²) < 4.78 is 2.48. The lowest BCUT2D eigenvalue weighted by atomic mass is 9.70. The smallest absolute Gasteiger partial charge is 0.0618 e. The molecule has 5 aliphatic rings. The Balaban J connectivity index is 0.885. The van der Waals surface area contributed by atoms with Gasteiger partial charge < -0.3 is 9.47 Å². The Labute approximate surface area is 477 Å². The molecule has 0 radical (unpaired) electrons. The molecule has 81 heavy (non-hydrogen) atoms. The van der Waals surface area contributed by atoms with Crippen molar-refractivity contribution in [2.24, 2.45) is 0 Å². The highest BCUT2D eigenvalue weighted by Gasteiger charge is 2.50. The highest BCUT2D eigenvalue weighted by Crippen LogP contribution is 2.59. The van der Waals surface area contributed by atoms with Gasteiger partial charge in [-0.2, -0.15) is 0 Å². The number of rotatable bonds is 6. The van der Waals surface area contributed by atoms with Crippen LogP contribution < -0.4 is 15.5 Å². The lowest BCUT2D eigenvalue weighted by Crippen LogP contribution is -2.30. The van der Waals surface area contributed by atoms with Crippen molar-refractivity contribution in [2.45, 2.75) is 103 Å². The molecule has 0 aliphatic heterocycles. The molecule has 0 amide bonds. The third-order valence-electron chi connectivity index (χ3n) is 19.6. The van der Waals surface area contributed by atoms with E-state index in [1.54, 1.807) is 0 Å². The van der Waals surface area contributed by atoms with Crippen LogP contribution in [0.3, 0.4) is 0 Å². The van der Waals surface area contributed by atoms with Gasteiger partial charge in [-0.1, -0.05) is 221 Å². The van der Waals surface area contributed by atoms with Gasteiger partial charge in [0.25, 0.3) is 0 Å². The molecule has 1 heterocycles. The average Bonchev–Trinajstić information content (AvgIpc) is 3.94. The van der Waals surface area contributed by atoms with E-state index in [1.165, 1.54) is 133 Å². The Morgan fingerprint density at radius 1 is 0.494 bits per heavy atom. The fraction of sp³-hybridized carbons (Fsp3) is 0.203. The summed E-state index contributed by atoms with van der Waals surface area (Å²) in [4.78, 5) is 2.59. The number of anilines is 2. The number of hydrogen-bond acceptors (Lipinski definition) is 1. The average molecular weight is 1050 g/mol. The van der Waals surface area contributed by atoms with Crippen LogP contribution >= 0.6 is 0 Å². The van der Waals surface area contributed by atoms with E-state index < -0.39 is 0 Å². The summed E-state index contributed by atoms with van der Waals surface area (Å²) in [5, 5.41) is 5.95. The minimum Gasteiger partial charge on any atom is -0.310 e. The largest absolute Gasteiger partial charge is 0.310 e. The van der Waals surface area contributed by atoms with Gasteiger partial charge in [-0.25, -0.2) is 0 Å². The Bertz CT molecular complexity index is 4660. The predicted octanol–water partition coefficient (Wildman–Crippen LogP) is 18.9. The molecule has 15 rings (SSSR count). The van der Waals surface area contributed by atoms with E-state index in [1.807, 2.05) is 0 Å². The third-order valence-corrected chi connectivity index (χ3v) is 19.6. The molecular weight excluding hydrogens is 977 g/mol. The molecule has 0 N–H and O–H groups in total. The fourth-order valence-corrected chi connectivity index (χ4v) is 15.6. The van der Waals surface area contributed by atoms with Gasteiger partial charge in [0.2, 0.25) is 0 Å². The van der Waals surface area contributed by atoms with Crippen LogP contribution in [0.4, 0.5) is 11.4 Å². The van der Waals surface area contributed by atoms with E-state index in [0.29, 0.717) is 0 Å². The van der Waals surface area contributed by atoms with Gasteiger partial charge in [0, 0.05) is 54.7 Å². The molecular formula is C79H68N2. The van der Waals surface area contributed by atoms with E-state index in [0.717, 1.165) is 17.0 Å². The van der Waals surface area contributed by atoms with E-state index in [-0.39, 0.29) is 27.1 Å². The maximum atomic E-state index is 3.69. The fourth-order valence-electron chi connectivity index (χ4n) is 15.6. The summed E-state index contributed by atoms with van der Waals surface area (Å²) in [5.41, 5.74) is 30.4. The van der Waals surface area contributed by atoms with Crippen molar-refractivity contribution in [1.82, 2.24) is 4.57 Å². The minimum atomic E-state index is -0.260. The normalized spacial score (nSPS) is 18.1. The Kier molecular flexibility index (Phi) is 10.5. The summed E-state index contributed by atoms with van der Waals surface area (Å²) in [5.74, 6) is 0. The van der Waals surface area contributed by atoms with Crippen molar-refractivity contribution in [3.63, 3.8) is 0 Å². The molecule has 10 aromatic rings. The van der Waals surface area contributed by atoms with Crippen molar-refractivity contribution in [3.05, 3.63) is 273 Å². The second kappa shape index (κ2) is 17.2. The molecule has 5 aliphatic carbocycles. The third kappa shape index (κ3) is 7.06. The van der Waals surface area contributed by atoms with E-state index in [2.05, 4.69) is 303 Å². The highest BCUT2D eigenvalue weighted by molar-refractivity contribution is 6.06. The van der Waals surface area contributed by atoms with Gasteiger partial charge >= 0.3 is 0 Å². The van der Waals surface area contributed by atoms with Crippen molar-refractivity contribution >= 4 is 44.9 Å². The van der Waals surface area contributed by atoms with Crippen LogP contribution in [0.2, 0.25) is 0 Å². The molecule has 0 fully saturated rings. The van der Waals surface area contributed by atoms with Crippen molar-refractivity contribution < 1.29 is 0 Å². The van der Waals surface area contributed by atoms with E-state index >= 15 is 0 Å². The summed E-state index contributed by atoms with van der Waals surface area (Å²) in [6.45, 7) is 24.2. The number of aromatic nitrogens is 1. The van der Waals surface area contributed by atoms with Gasteiger partial charge in [0.15, 0.2) is 0 Å². The standard InChI is InChI=1S/C79H68N2/c1-75(2,3)69-47-54(81-70-32-16-12-15-27-61(70)62-43-50(34-39-72(62)81)49-23-13-11-14-24-49)45-63-59-36-33-51(44-67(59)78(8,9)74(63)69)55-38-40-71(60-28-18-17-25-56(55)60)80(52-35-37-58-57-26-19-20-29-64(57)76(4,5)68(58)46-52)53-41-42-79(10)66-31-22-21-30-65(66)77(6,7)73(79)48-53/h11-26,28-41,43-48H,42H2,1-10H3. The molecule has 394 valence electrons. The molecule has 2 heteroatoms.